The number of carbonyl (C=O) groups is 1. The summed E-state index contributed by atoms with van der Waals surface area (Å²) in [6.45, 7) is 3.11. The second-order valence-electron chi connectivity index (χ2n) is 8.60. The summed E-state index contributed by atoms with van der Waals surface area (Å²) in [6, 6.07) is 7.33. The first kappa shape index (κ1) is 25.8. The Bertz CT molecular complexity index is 1500. The van der Waals surface area contributed by atoms with Gasteiger partial charge in [-0.15, -0.1) is 0 Å². The molecule has 0 aliphatic carbocycles. The van der Waals surface area contributed by atoms with Crippen LogP contribution in [0.5, 0.6) is 5.75 Å². The molecule has 0 bridgehead atoms. The lowest BCUT2D eigenvalue weighted by Crippen LogP contribution is -2.27. The minimum atomic E-state index is -0.551. The molecule has 37 heavy (non-hydrogen) atoms. The highest BCUT2D eigenvalue weighted by molar-refractivity contribution is 6.01. The second-order valence-corrected chi connectivity index (χ2v) is 8.60. The molecule has 12 heteroatoms. The number of nitrogens with zero attached hydrogens (tertiary/aromatic N) is 5. The van der Waals surface area contributed by atoms with E-state index in [4.69, 9.17) is 10.5 Å². The number of halogens is 2. The van der Waals surface area contributed by atoms with E-state index in [2.05, 4.69) is 20.4 Å². The fraction of sp³-hybridized carbons (Fsp3) is 0.280. The molecule has 3 N–H and O–H groups in total. The van der Waals surface area contributed by atoms with Crippen molar-refractivity contribution in [3.8, 4) is 11.4 Å². The van der Waals surface area contributed by atoms with Crippen LogP contribution in [0.3, 0.4) is 0 Å². The van der Waals surface area contributed by atoms with Crippen LogP contribution < -0.4 is 26.2 Å². The lowest BCUT2D eigenvalue weighted by molar-refractivity contribution is -0.105. The maximum absolute atomic E-state index is 14.1. The van der Waals surface area contributed by atoms with Crippen LogP contribution in [0, 0.1) is 18.6 Å². The lowest BCUT2D eigenvalue weighted by Gasteiger charge is -2.22. The van der Waals surface area contributed by atoms with Crippen LogP contribution >= 0.6 is 0 Å². The number of methoxy groups -OCH3 is 1. The summed E-state index contributed by atoms with van der Waals surface area (Å²) < 4.78 is 35.4. The molecule has 3 heterocycles. The quantitative estimate of drug-likeness (QED) is 0.395. The number of fused-ring (bicyclic) bond motifs is 1. The van der Waals surface area contributed by atoms with E-state index in [1.807, 2.05) is 0 Å². The van der Waals surface area contributed by atoms with Crippen LogP contribution in [-0.2, 0) is 11.8 Å². The number of hydrogen-bond acceptors (Lipinski definition) is 7. The molecule has 1 aliphatic heterocycles. The van der Waals surface area contributed by atoms with Gasteiger partial charge in [0.05, 0.1) is 18.5 Å². The first-order chi connectivity index (χ1) is 17.7. The summed E-state index contributed by atoms with van der Waals surface area (Å²) in [5.74, 6) is -0.730. The van der Waals surface area contributed by atoms with E-state index >= 15 is 0 Å². The van der Waals surface area contributed by atoms with Gasteiger partial charge in [-0.05, 0) is 31.5 Å². The molecular formula is C25H27F2N7O3. The fourth-order valence-corrected chi connectivity index (χ4v) is 4.28. The number of aromatic nitrogens is 4. The highest BCUT2D eigenvalue weighted by atomic mass is 19.1. The molecule has 5 rings (SSSR count). The van der Waals surface area contributed by atoms with Crippen molar-refractivity contribution in [2.45, 2.75) is 19.4 Å². The topological polar surface area (TPSA) is 120 Å². The molecule has 194 valence electrons. The van der Waals surface area contributed by atoms with Crippen LogP contribution in [0.15, 0.2) is 47.5 Å². The summed E-state index contributed by atoms with van der Waals surface area (Å²) in [7, 11) is 3.16. The number of carbonyl (C=O) groups excluding carboxylic acids is 1. The molecule has 1 fully saturated rings. The van der Waals surface area contributed by atoms with Gasteiger partial charge in [-0.25, -0.2) is 8.78 Å². The number of benzene rings is 2. The van der Waals surface area contributed by atoms with Crippen molar-refractivity contribution in [1.82, 2.24) is 19.6 Å². The smallest absolute Gasteiger partial charge is 0.274 e. The van der Waals surface area contributed by atoms with Gasteiger partial charge in [0.25, 0.3) is 5.56 Å². The van der Waals surface area contributed by atoms with Crippen LogP contribution in [0.1, 0.15) is 12.0 Å². The Morgan fingerprint density at radius 1 is 1.22 bits per heavy atom. The minimum Gasteiger partial charge on any atom is -0.494 e. The normalized spacial score (nSPS) is 14.9. The third-order valence-corrected chi connectivity index (χ3v) is 6.01. The summed E-state index contributed by atoms with van der Waals surface area (Å²) >= 11 is 0. The van der Waals surface area contributed by atoms with Gasteiger partial charge in [0.15, 0.2) is 11.6 Å². The zero-order chi connectivity index (χ0) is 26.7. The van der Waals surface area contributed by atoms with Crippen molar-refractivity contribution in [2.24, 2.45) is 12.8 Å². The van der Waals surface area contributed by atoms with Gasteiger partial charge in [0, 0.05) is 55.6 Å². The molecule has 0 saturated carbocycles. The molecule has 1 unspecified atom stereocenters. The minimum absolute atomic E-state index is 0.0312. The summed E-state index contributed by atoms with van der Waals surface area (Å²) in [4.78, 5) is 24.7. The van der Waals surface area contributed by atoms with E-state index < -0.39 is 11.6 Å². The maximum atomic E-state index is 14.1. The number of ether oxygens (including phenoxy) is 1. The first-order valence-corrected chi connectivity index (χ1v) is 11.5. The predicted octanol–water partition coefficient (Wildman–Crippen LogP) is 2.51. The number of aryl methyl sites for hydroxylation is 2. The monoisotopic (exact) mass is 511 g/mol. The molecule has 2 aromatic heterocycles. The molecule has 0 radical (unpaired) electrons. The standard InChI is InChI=1S/C13H16FN5O.C12H11FN2O2/c1-18-6-9-12(17-18)10(14)4-11(16-7-20)13(9)19-3-2-8(15)5-19;1-8-6-7-14-15(12(8)16)11-9(13)4-3-5-10(11)17-2/h4,6-8H,2-3,5,15H2,1H3,(H,16,20);3-7H,1-2H3. The number of amides is 1. The molecule has 1 aliphatic rings. The van der Waals surface area contributed by atoms with Gasteiger partial charge in [-0.3, -0.25) is 14.3 Å². The predicted molar refractivity (Wildman–Crippen MR) is 136 cm³/mol. The van der Waals surface area contributed by atoms with Crippen molar-refractivity contribution in [3.05, 3.63) is 70.3 Å². The fourth-order valence-electron chi connectivity index (χ4n) is 4.28. The Hall–Kier alpha value is -4.32. The summed E-state index contributed by atoms with van der Waals surface area (Å²) in [6.07, 6.45) is 4.63. The molecule has 1 atom stereocenters. The average molecular weight is 512 g/mol. The highest BCUT2D eigenvalue weighted by Gasteiger charge is 2.25. The number of rotatable bonds is 5. The van der Waals surface area contributed by atoms with Gasteiger partial charge in [-0.1, -0.05) is 6.07 Å². The van der Waals surface area contributed by atoms with Gasteiger partial charge in [0.1, 0.15) is 17.0 Å². The van der Waals surface area contributed by atoms with Crippen molar-refractivity contribution < 1.29 is 18.3 Å². The number of nitrogens with two attached hydrogens (primary N) is 1. The molecule has 1 amide bonds. The van der Waals surface area contributed by atoms with Crippen molar-refractivity contribution in [3.63, 3.8) is 0 Å². The summed E-state index contributed by atoms with van der Waals surface area (Å²) in [5.41, 5.74) is 7.64. The van der Waals surface area contributed by atoms with Crippen LogP contribution in [0.25, 0.3) is 16.6 Å². The molecular weight excluding hydrogens is 484 g/mol. The highest BCUT2D eigenvalue weighted by Crippen LogP contribution is 2.37. The third-order valence-electron chi connectivity index (χ3n) is 6.01. The largest absolute Gasteiger partial charge is 0.494 e. The molecule has 0 spiro atoms. The SMILES string of the molecule is COc1cccc(F)c1-n1nccc(C)c1=O.Cn1cc2c(N3CCC(N)C3)c(NC=O)cc(F)c2n1. The van der Waals surface area contributed by atoms with E-state index in [0.29, 0.717) is 35.1 Å². The van der Waals surface area contributed by atoms with E-state index in [9.17, 15) is 18.4 Å². The van der Waals surface area contributed by atoms with Crippen LogP contribution in [0.4, 0.5) is 20.2 Å². The zero-order valence-corrected chi connectivity index (χ0v) is 20.6. The van der Waals surface area contributed by atoms with E-state index in [-0.39, 0.29) is 23.0 Å². The van der Waals surface area contributed by atoms with Gasteiger partial charge >= 0.3 is 0 Å². The van der Waals surface area contributed by atoms with Gasteiger partial charge in [-0.2, -0.15) is 14.9 Å². The first-order valence-electron chi connectivity index (χ1n) is 11.5. The van der Waals surface area contributed by atoms with E-state index in [1.165, 1.54) is 31.5 Å². The molecule has 4 aromatic rings. The average Bonchev–Trinajstić information content (AvgIpc) is 3.47. The Kier molecular flexibility index (Phi) is 7.48. The Morgan fingerprint density at radius 2 is 2.00 bits per heavy atom. The second kappa shape index (κ2) is 10.7. The number of hydrogen-bond donors (Lipinski definition) is 2. The van der Waals surface area contributed by atoms with E-state index in [1.54, 1.807) is 37.0 Å². The Balaban J connectivity index is 0.000000176. The Morgan fingerprint density at radius 3 is 2.68 bits per heavy atom. The van der Waals surface area contributed by atoms with Crippen molar-refractivity contribution >= 4 is 28.7 Å². The number of para-hydroxylation sites is 1. The molecule has 10 nitrogen and oxygen atoms in total. The number of anilines is 2. The molecule has 2 aromatic carbocycles. The van der Waals surface area contributed by atoms with Crippen molar-refractivity contribution in [2.75, 3.05) is 30.4 Å². The number of nitrogens with one attached hydrogen (secondary N) is 1. The zero-order valence-electron chi connectivity index (χ0n) is 20.6. The van der Waals surface area contributed by atoms with E-state index in [0.717, 1.165) is 23.3 Å². The lowest BCUT2D eigenvalue weighted by atomic mass is 10.1. The Labute approximate surface area is 211 Å². The summed E-state index contributed by atoms with van der Waals surface area (Å²) in [5, 5.41) is 11.3. The maximum Gasteiger partial charge on any atom is 0.274 e. The third kappa shape index (κ3) is 5.14. The van der Waals surface area contributed by atoms with Gasteiger partial charge in [0.2, 0.25) is 6.41 Å². The molecule has 1 saturated heterocycles. The van der Waals surface area contributed by atoms with Crippen molar-refractivity contribution in [1.29, 1.82) is 0 Å². The van der Waals surface area contributed by atoms with Crippen LogP contribution in [0.2, 0.25) is 0 Å². The van der Waals surface area contributed by atoms with Gasteiger partial charge < -0.3 is 20.7 Å². The van der Waals surface area contributed by atoms with Crippen LogP contribution in [-0.4, -0.2) is 52.2 Å².